The molecule has 0 bridgehead atoms. The third-order valence-electron chi connectivity index (χ3n) is 3.22. The second kappa shape index (κ2) is 5.44. The van der Waals surface area contributed by atoms with Crippen LogP contribution in [0.25, 0.3) is 0 Å². The molecule has 1 aliphatic carbocycles. The van der Waals surface area contributed by atoms with Gasteiger partial charge in [-0.15, -0.1) is 23.1 Å². The van der Waals surface area contributed by atoms with Gasteiger partial charge in [-0.3, -0.25) is 0 Å². The van der Waals surface area contributed by atoms with E-state index in [1.54, 1.807) is 0 Å². The molecular weight excluding hydrogens is 252 g/mol. The molecule has 1 aromatic rings. The predicted molar refractivity (Wildman–Crippen MR) is 73.1 cm³/mol. The highest BCUT2D eigenvalue weighted by Crippen LogP contribution is 2.39. The number of aromatic carboxylic acids is 1. The summed E-state index contributed by atoms with van der Waals surface area (Å²) in [5.74, 6) is 0.787. The van der Waals surface area contributed by atoms with Crippen molar-refractivity contribution in [2.24, 2.45) is 11.8 Å². The Hall–Kier alpha value is -0.480. The fraction of sp³-hybridized carbons (Fsp3) is 0.615. The molecule has 0 spiro atoms. The van der Waals surface area contributed by atoms with Crippen LogP contribution in [0.15, 0.2) is 16.3 Å². The number of thioether (sulfide) groups is 1. The highest BCUT2D eigenvalue weighted by Gasteiger charge is 2.25. The van der Waals surface area contributed by atoms with Gasteiger partial charge in [0.05, 0.1) is 0 Å². The molecule has 2 unspecified atom stereocenters. The Labute approximate surface area is 110 Å². The molecule has 1 aromatic heterocycles. The number of hydrogen-bond donors (Lipinski definition) is 1. The molecule has 1 heterocycles. The lowest BCUT2D eigenvalue weighted by molar-refractivity contribution is 0.0702. The van der Waals surface area contributed by atoms with Crippen molar-refractivity contribution in [3.05, 3.63) is 16.3 Å². The zero-order valence-corrected chi connectivity index (χ0v) is 11.8. The van der Waals surface area contributed by atoms with E-state index in [1.165, 1.54) is 30.6 Å². The van der Waals surface area contributed by atoms with Crippen molar-refractivity contribution < 1.29 is 9.90 Å². The number of rotatable bonds is 3. The summed E-state index contributed by atoms with van der Waals surface area (Å²) in [5, 5.41) is 11.5. The minimum Gasteiger partial charge on any atom is -0.477 e. The molecule has 0 amide bonds. The Morgan fingerprint density at radius 2 is 2.00 bits per heavy atom. The van der Waals surface area contributed by atoms with E-state index in [1.807, 2.05) is 23.2 Å². The molecule has 1 saturated carbocycles. The van der Waals surface area contributed by atoms with Crippen LogP contribution in [-0.4, -0.2) is 16.3 Å². The van der Waals surface area contributed by atoms with Crippen molar-refractivity contribution in [2.75, 3.05) is 0 Å². The van der Waals surface area contributed by atoms with E-state index >= 15 is 0 Å². The standard InChI is InChI=1S/C13H18O2S2/c1-8-3-9(2)5-10(4-8)17-11-6-12(13(14)15)16-7-11/h6-10H,3-5H2,1-2H3,(H,14,15). The van der Waals surface area contributed by atoms with Gasteiger partial charge in [0.25, 0.3) is 0 Å². The fourth-order valence-electron chi connectivity index (χ4n) is 2.65. The van der Waals surface area contributed by atoms with E-state index in [4.69, 9.17) is 5.11 Å². The maximum absolute atomic E-state index is 10.8. The van der Waals surface area contributed by atoms with Gasteiger partial charge in [0.2, 0.25) is 0 Å². The van der Waals surface area contributed by atoms with Crippen LogP contribution in [0.1, 0.15) is 42.8 Å². The Morgan fingerprint density at radius 3 is 2.53 bits per heavy atom. The van der Waals surface area contributed by atoms with E-state index in [0.29, 0.717) is 10.1 Å². The predicted octanol–water partition coefficient (Wildman–Crippen LogP) is 4.36. The van der Waals surface area contributed by atoms with Gasteiger partial charge in [0, 0.05) is 15.5 Å². The maximum Gasteiger partial charge on any atom is 0.345 e. The van der Waals surface area contributed by atoms with Gasteiger partial charge in [-0.25, -0.2) is 4.79 Å². The Kier molecular flexibility index (Phi) is 4.15. The quantitative estimate of drug-likeness (QED) is 0.886. The van der Waals surface area contributed by atoms with E-state index in [-0.39, 0.29) is 0 Å². The van der Waals surface area contributed by atoms with Gasteiger partial charge in [0.1, 0.15) is 4.88 Å². The van der Waals surface area contributed by atoms with E-state index in [0.717, 1.165) is 16.7 Å². The zero-order valence-electron chi connectivity index (χ0n) is 10.2. The SMILES string of the molecule is CC1CC(C)CC(Sc2csc(C(=O)O)c2)C1. The smallest absolute Gasteiger partial charge is 0.345 e. The Balaban J connectivity index is 1.97. The number of hydrogen-bond acceptors (Lipinski definition) is 3. The van der Waals surface area contributed by atoms with Crippen LogP contribution < -0.4 is 0 Å². The topological polar surface area (TPSA) is 37.3 Å². The van der Waals surface area contributed by atoms with Crippen LogP contribution in [0, 0.1) is 11.8 Å². The van der Waals surface area contributed by atoms with Crippen LogP contribution in [-0.2, 0) is 0 Å². The molecule has 1 aliphatic rings. The number of carbonyl (C=O) groups is 1. The lowest BCUT2D eigenvalue weighted by Gasteiger charge is -2.30. The summed E-state index contributed by atoms with van der Waals surface area (Å²) in [6.07, 6.45) is 3.85. The highest BCUT2D eigenvalue weighted by atomic mass is 32.2. The number of thiophene rings is 1. The molecule has 0 aromatic carbocycles. The first-order chi connectivity index (χ1) is 8.04. The van der Waals surface area contributed by atoms with Crippen molar-refractivity contribution in [2.45, 2.75) is 43.3 Å². The minimum atomic E-state index is -0.813. The van der Waals surface area contributed by atoms with Crippen molar-refractivity contribution in [1.29, 1.82) is 0 Å². The summed E-state index contributed by atoms with van der Waals surface area (Å²) < 4.78 is 0. The van der Waals surface area contributed by atoms with E-state index in [2.05, 4.69) is 13.8 Å². The molecule has 17 heavy (non-hydrogen) atoms. The molecule has 4 heteroatoms. The van der Waals surface area contributed by atoms with Crippen molar-refractivity contribution in [3.8, 4) is 0 Å². The summed E-state index contributed by atoms with van der Waals surface area (Å²) in [5.41, 5.74) is 0. The average molecular weight is 270 g/mol. The third kappa shape index (κ3) is 3.49. The Bertz CT molecular complexity index is 390. The van der Waals surface area contributed by atoms with Gasteiger partial charge in [-0.1, -0.05) is 13.8 Å². The fourth-order valence-corrected chi connectivity index (χ4v) is 5.12. The number of carboxylic acid groups (broad SMARTS) is 1. The molecule has 1 fully saturated rings. The van der Waals surface area contributed by atoms with E-state index < -0.39 is 5.97 Å². The monoisotopic (exact) mass is 270 g/mol. The largest absolute Gasteiger partial charge is 0.477 e. The summed E-state index contributed by atoms with van der Waals surface area (Å²) >= 11 is 3.18. The lowest BCUT2D eigenvalue weighted by atomic mass is 9.83. The van der Waals surface area contributed by atoms with Crippen LogP contribution in [0.3, 0.4) is 0 Å². The van der Waals surface area contributed by atoms with Crippen molar-refractivity contribution in [1.82, 2.24) is 0 Å². The Morgan fingerprint density at radius 1 is 1.35 bits per heavy atom. The zero-order chi connectivity index (χ0) is 12.4. The minimum absolute atomic E-state index is 0.449. The molecular formula is C13H18O2S2. The van der Waals surface area contributed by atoms with Crippen LogP contribution in [0.4, 0.5) is 0 Å². The highest BCUT2D eigenvalue weighted by molar-refractivity contribution is 8.00. The molecule has 1 N–H and O–H groups in total. The second-order valence-corrected chi connectivity index (χ2v) is 7.39. The van der Waals surface area contributed by atoms with Crippen molar-refractivity contribution in [3.63, 3.8) is 0 Å². The van der Waals surface area contributed by atoms with Crippen LogP contribution in [0.2, 0.25) is 0 Å². The summed E-state index contributed by atoms with van der Waals surface area (Å²) in [7, 11) is 0. The summed E-state index contributed by atoms with van der Waals surface area (Å²) in [6, 6.07) is 1.81. The maximum atomic E-state index is 10.8. The lowest BCUT2D eigenvalue weighted by Crippen LogP contribution is -2.21. The number of carboxylic acids is 1. The van der Waals surface area contributed by atoms with Crippen LogP contribution in [0.5, 0.6) is 0 Å². The summed E-state index contributed by atoms with van der Waals surface area (Å²) in [6.45, 7) is 4.64. The molecule has 2 rings (SSSR count). The first kappa shape index (κ1) is 13.0. The van der Waals surface area contributed by atoms with Gasteiger partial charge in [-0.2, -0.15) is 0 Å². The van der Waals surface area contributed by atoms with Gasteiger partial charge in [0.15, 0.2) is 0 Å². The molecule has 94 valence electrons. The second-order valence-electron chi connectivity index (χ2n) is 5.11. The van der Waals surface area contributed by atoms with Gasteiger partial charge >= 0.3 is 5.97 Å². The van der Waals surface area contributed by atoms with E-state index in [9.17, 15) is 4.79 Å². The average Bonchev–Trinajstić information content (AvgIpc) is 2.64. The molecule has 2 nitrogen and oxygen atoms in total. The molecule has 0 aliphatic heterocycles. The molecule has 2 atom stereocenters. The molecule has 0 radical (unpaired) electrons. The first-order valence-corrected chi connectivity index (χ1v) is 7.79. The molecule has 0 saturated heterocycles. The van der Waals surface area contributed by atoms with Gasteiger partial charge < -0.3 is 5.11 Å². The third-order valence-corrected chi connectivity index (χ3v) is 5.52. The summed E-state index contributed by atoms with van der Waals surface area (Å²) in [4.78, 5) is 12.4. The van der Waals surface area contributed by atoms with Gasteiger partial charge in [-0.05, 0) is 37.2 Å². The first-order valence-electron chi connectivity index (χ1n) is 6.03. The normalized spacial score (nSPS) is 29.2. The van der Waals surface area contributed by atoms with Crippen LogP contribution >= 0.6 is 23.1 Å². The van der Waals surface area contributed by atoms with Crippen molar-refractivity contribution >= 4 is 29.1 Å².